The van der Waals surface area contributed by atoms with Gasteiger partial charge in [0.2, 0.25) is 0 Å². The van der Waals surface area contributed by atoms with Gasteiger partial charge in [0, 0.05) is 0 Å². The minimum absolute atomic E-state index is 0.822. The highest BCUT2D eigenvalue weighted by molar-refractivity contribution is 5.26. The third-order valence-corrected chi connectivity index (χ3v) is 9.13. The quantitative estimate of drug-likeness (QED) is 0.179. The molecular formula is C34H56. The molecule has 3 rings (SSSR count). The van der Waals surface area contributed by atoms with E-state index in [0.717, 1.165) is 23.7 Å². The maximum absolute atomic E-state index is 2.55. The van der Waals surface area contributed by atoms with Crippen LogP contribution in [0.15, 0.2) is 36.4 Å². The number of unbranched alkanes of at least 4 members (excludes halogenated alkanes) is 6. The van der Waals surface area contributed by atoms with Gasteiger partial charge in [-0.15, -0.1) is 0 Å². The van der Waals surface area contributed by atoms with Crippen molar-refractivity contribution in [1.29, 1.82) is 0 Å². The first-order valence-corrected chi connectivity index (χ1v) is 15.5. The monoisotopic (exact) mass is 464 g/mol. The summed E-state index contributed by atoms with van der Waals surface area (Å²) >= 11 is 0. The lowest BCUT2D eigenvalue weighted by Gasteiger charge is -2.29. The maximum atomic E-state index is 2.55. The van der Waals surface area contributed by atoms with Gasteiger partial charge in [-0.3, -0.25) is 0 Å². The molecule has 0 N–H and O–H groups in total. The van der Waals surface area contributed by atoms with Gasteiger partial charge in [-0.1, -0.05) is 114 Å². The fourth-order valence-electron chi connectivity index (χ4n) is 6.67. The molecule has 0 radical (unpaired) electrons. The van der Waals surface area contributed by atoms with Gasteiger partial charge in [-0.05, 0) is 99.0 Å². The maximum Gasteiger partial charge on any atom is -0.0162 e. The zero-order chi connectivity index (χ0) is 23.8. The van der Waals surface area contributed by atoms with Gasteiger partial charge in [0.25, 0.3) is 0 Å². The molecule has 0 nitrogen and oxygen atoms in total. The van der Waals surface area contributed by atoms with E-state index in [9.17, 15) is 0 Å². The van der Waals surface area contributed by atoms with Crippen molar-refractivity contribution >= 4 is 0 Å². The Labute approximate surface area is 213 Å². The topological polar surface area (TPSA) is 0 Å². The van der Waals surface area contributed by atoms with Crippen LogP contribution in [-0.4, -0.2) is 0 Å². The van der Waals surface area contributed by atoms with Crippen molar-refractivity contribution in [3.8, 4) is 0 Å². The van der Waals surface area contributed by atoms with E-state index in [4.69, 9.17) is 0 Å². The van der Waals surface area contributed by atoms with Crippen LogP contribution >= 0.6 is 0 Å². The van der Waals surface area contributed by atoms with E-state index in [1.165, 1.54) is 134 Å². The van der Waals surface area contributed by atoms with Gasteiger partial charge in [0.15, 0.2) is 0 Å². The average molecular weight is 465 g/mol. The van der Waals surface area contributed by atoms with Crippen LogP contribution in [0.25, 0.3) is 0 Å². The molecular weight excluding hydrogens is 408 g/mol. The summed E-state index contributed by atoms with van der Waals surface area (Å²) in [5.74, 6) is 3.72. The van der Waals surface area contributed by atoms with Gasteiger partial charge in [-0.2, -0.15) is 0 Å². The Morgan fingerprint density at radius 1 is 0.647 bits per heavy atom. The summed E-state index contributed by atoms with van der Waals surface area (Å²) in [4.78, 5) is 0. The molecule has 34 heavy (non-hydrogen) atoms. The van der Waals surface area contributed by atoms with Gasteiger partial charge in [-0.25, -0.2) is 0 Å². The van der Waals surface area contributed by atoms with E-state index in [0.29, 0.717) is 0 Å². The van der Waals surface area contributed by atoms with Crippen molar-refractivity contribution in [2.45, 2.75) is 148 Å². The predicted molar refractivity (Wildman–Crippen MR) is 152 cm³/mol. The molecule has 0 unspecified atom stereocenters. The number of hydrogen-bond acceptors (Lipinski definition) is 0. The molecule has 1 aromatic carbocycles. The third-order valence-electron chi connectivity index (χ3n) is 9.13. The fourth-order valence-corrected chi connectivity index (χ4v) is 6.67. The van der Waals surface area contributed by atoms with Crippen LogP contribution in [0.2, 0.25) is 0 Å². The molecule has 2 saturated carbocycles. The normalized spacial score (nSPS) is 25.7. The molecule has 192 valence electrons. The Balaban J connectivity index is 1.27. The molecule has 0 saturated heterocycles. The zero-order valence-electron chi connectivity index (χ0n) is 22.9. The summed E-state index contributed by atoms with van der Waals surface area (Å²) in [6.07, 6.45) is 33.4. The minimum Gasteiger partial charge on any atom is -0.0879 e. The minimum atomic E-state index is 0.822. The lowest BCUT2D eigenvalue weighted by atomic mass is 9.77. The molecule has 2 aliphatic carbocycles. The highest BCUT2D eigenvalue weighted by atomic mass is 14.3. The number of benzene rings is 1. The Morgan fingerprint density at radius 3 is 1.85 bits per heavy atom. The van der Waals surface area contributed by atoms with E-state index >= 15 is 0 Å². The molecule has 0 bridgehead atoms. The van der Waals surface area contributed by atoms with E-state index in [1.54, 1.807) is 5.56 Å². The molecule has 2 aliphatic rings. The molecule has 0 spiro atoms. The van der Waals surface area contributed by atoms with Gasteiger partial charge in [0.05, 0.1) is 0 Å². The number of rotatable bonds is 15. The fraction of sp³-hybridized carbons (Fsp3) is 0.765. The second kappa shape index (κ2) is 16.6. The van der Waals surface area contributed by atoms with Crippen LogP contribution in [0.4, 0.5) is 0 Å². The second-order valence-electron chi connectivity index (χ2n) is 11.9. The van der Waals surface area contributed by atoms with Crippen LogP contribution in [0, 0.1) is 17.8 Å². The molecule has 0 aliphatic heterocycles. The molecule has 0 heteroatoms. The largest absolute Gasteiger partial charge is 0.0879 e. The summed E-state index contributed by atoms with van der Waals surface area (Å²) in [5.41, 5.74) is 3.13. The predicted octanol–water partition coefficient (Wildman–Crippen LogP) is 11.2. The van der Waals surface area contributed by atoms with Crippen LogP contribution < -0.4 is 0 Å². The molecule has 0 amide bonds. The van der Waals surface area contributed by atoms with E-state index in [1.807, 2.05) is 0 Å². The molecule has 0 atom stereocenters. The Morgan fingerprint density at radius 2 is 1.21 bits per heavy atom. The number of aryl methyl sites for hydroxylation is 1. The van der Waals surface area contributed by atoms with Crippen LogP contribution in [0.1, 0.15) is 153 Å². The summed E-state index contributed by atoms with van der Waals surface area (Å²) in [7, 11) is 0. The Hall–Kier alpha value is -1.04. The SMILES string of the molecule is CCCCCCCC1CCC(c2ccc(CC/C=C/C3CCC(CCCCC)CC3)cc2)CC1. The van der Waals surface area contributed by atoms with E-state index in [-0.39, 0.29) is 0 Å². The number of hydrogen-bond donors (Lipinski definition) is 0. The molecule has 0 aromatic heterocycles. The van der Waals surface area contributed by atoms with Crippen molar-refractivity contribution in [2.75, 3.05) is 0 Å². The summed E-state index contributed by atoms with van der Waals surface area (Å²) in [6, 6.07) is 9.75. The Bertz CT molecular complexity index is 637. The lowest BCUT2D eigenvalue weighted by molar-refractivity contribution is 0.289. The first kappa shape index (κ1) is 27.5. The van der Waals surface area contributed by atoms with Gasteiger partial charge in [0.1, 0.15) is 0 Å². The van der Waals surface area contributed by atoms with Crippen molar-refractivity contribution in [1.82, 2.24) is 0 Å². The smallest absolute Gasteiger partial charge is 0.0162 e. The third kappa shape index (κ3) is 10.3. The van der Waals surface area contributed by atoms with Crippen LogP contribution in [0.5, 0.6) is 0 Å². The first-order valence-electron chi connectivity index (χ1n) is 15.5. The summed E-state index contributed by atoms with van der Waals surface area (Å²) in [5, 5.41) is 0. The van der Waals surface area contributed by atoms with E-state index < -0.39 is 0 Å². The van der Waals surface area contributed by atoms with Crippen molar-refractivity contribution in [3.05, 3.63) is 47.5 Å². The van der Waals surface area contributed by atoms with E-state index in [2.05, 4.69) is 50.3 Å². The summed E-state index contributed by atoms with van der Waals surface area (Å²) < 4.78 is 0. The molecule has 0 heterocycles. The number of allylic oxidation sites excluding steroid dienone is 2. The van der Waals surface area contributed by atoms with Crippen molar-refractivity contribution in [3.63, 3.8) is 0 Å². The molecule has 1 aromatic rings. The summed E-state index contributed by atoms with van der Waals surface area (Å²) in [6.45, 7) is 4.63. The standard InChI is InChI=1S/C34H56/c1-3-5-7-8-10-14-31-21-25-33(26-22-31)34-27-23-32(24-28-34)16-12-11-15-30-19-17-29(18-20-30)13-9-6-4-2/h11,15,23-24,27-31,33H,3-10,12-14,16-22,25-26H2,1-2H3/b15-11+. The van der Waals surface area contributed by atoms with Crippen LogP contribution in [0.3, 0.4) is 0 Å². The second-order valence-corrected chi connectivity index (χ2v) is 11.9. The lowest BCUT2D eigenvalue weighted by Crippen LogP contribution is -2.13. The molecule has 2 fully saturated rings. The highest BCUT2D eigenvalue weighted by Gasteiger charge is 2.22. The highest BCUT2D eigenvalue weighted by Crippen LogP contribution is 2.38. The van der Waals surface area contributed by atoms with Crippen molar-refractivity contribution < 1.29 is 0 Å². The Kier molecular flexibility index (Phi) is 13.4. The van der Waals surface area contributed by atoms with Gasteiger partial charge >= 0.3 is 0 Å². The average Bonchev–Trinajstić information content (AvgIpc) is 2.88. The van der Waals surface area contributed by atoms with Crippen LogP contribution in [-0.2, 0) is 6.42 Å². The van der Waals surface area contributed by atoms with Crippen molar-refractivity contribution in [2.24, 2.45) is 17.8 Å². The van der Waals surface area contributed by atoms with Gasteiger partial charge < -0.3 is 0 Å². The zero-order valence-corrected chi connectivity index (χ0v) is 22.9. The first-order chi connectivity index (χ1) is 16.8.